The quantitative estimate of drug-likeness (QED) is 0.785. The summed E-state index contributed by atoms with van der Waals surface area (Å²) >= 11 is 0. The molecule has 3 aromatic heterocycles. The van der Waals surface area contributed by atoms with Gasteiger partial charge < -0.3 is 10.2 Å². The number of amides is 1. The van der Waals surface area contributed by atoms with Crippen molar-refractivity contribution in [2.75, 3.05) is 0 Å². The number of aryl methyl sites for hydroxylation is 1. The number of aromatic nitrogens is 3. The maximum atomic E-state index is 12.6. The molecule has 0 saturated carbocycles. The van der Waals surface area contributed by atoms with Crippen LogP contribution in [0.15, 0.2) is 15.5 Å². The monoisotopic (exact) mass is 340 g/mol. The third-order valence-electron chi connectivity index (χ3n) is 4.82. The maximum absolute atomic E-state index is 12.6. The van der Waals surface area contributed by atoms with Crippen LogP contribution in [-0.4, -0.2) is 20.4 Å². The van der Waals surface area contributed by atoms with E-state index in [0.29, 0.717) is 11.2 Å². The van der Waals surface area contributed by atoms with Gasteiger partial charge in [-0.3, -0.25) is 14.2 Å². The Labute approximate surface area is 143 Å². The lowest BCUT2D eigenvalue weighted by Crippen LogP contribution is -2.27. The molecule has 1 amide bonds. The van der Waals surface area contributed by atoms with Crippen molar-refractivity contribution in [1.29, 1.82) is 0 Å². The lowest BCUT2D eigenvalue weighted by molar-refractivity contribution is -0.118. The van der Waals surface area contributed by atoms with Gasteiger partial charge in [0.1, 0.15) is 12.1 Å². The molecule has 0 spiro atoms. The fourth-order valence-corrected chi connectivity index (χ4v) is 3.74. The molecular formula is C18H20N4O3. The molecule has 4 rings (SSSR count). The highest BCUT2D eigenvalue weighted by molar-refractivity contribution is 6.03. The molecule has 0 bridgehead atoms. The largest absolute Gasteiger partial charge is 0.430 e. The summed E-state index contributed by atoms with van der Waals surface area (Å²) in [5, 5.41) is 0.845. The number of nitrogens with zero attached hydrogens (tertiary/aromatic N) is 3. The molecule has 0 atom stereocenters. The third-order valence-corrected chi connectivity index (χ3v) is 4.82. The average molecular weight is 340 g/mol. The molecule has 3 aromatic rings. The lowest BCUT2D eigenvalue weighted by Gasteiger charge is -2.21. The van der Waals surface area contributed by atoms with E-state index < -0.39 is 11.5 Å². The minimum absolute atomic E-state index is 0.139. The van der Waals surface area contributed by atoms with Crippen LogP contribution < -0.4 is 11.3 Å². The number of hydrogen-bond donors (Lipinski definition) is 1. The maximum Gasteiger partial charge on any atom is 0.297 e. The van der Waals surface area contributed by atoms with Gasteiger partial charge >= 0.3 is 0 Å². The fourth-order valence-electron chi connectivity index (χ4n) is 3.74. The van der Waals surface area contributed by atoms with Crippen molar-refractivity contribution in [1.82, 2.24) is 14.5 Å². The first kappa shape index (κ1) is 15.8. The van der Waals surface area contributed by atoms with E-state index in [1.807, 2.05) is 0 Å². The topological polar surface area (TPSA) is 104 Å². The van der Waals surface area contributed by atoms with Crippen molar-refractivity contribution in [3.05, 3.63) is 33.5 Å². The number of hydrogen-bond acceptors (Lipinski definition) is 5. The molecule has 0 radical (unpaired) electrons. The Morgan fingerprint density at radius 2 is 2.04 bits per heavy atom. The standard InChI is InChI=1S/C18H20N4O3/c1-9(2)14-11-6-4-3-5-10(11)13-15-16(25-17(13)21-14)18(24)22(8-20-15)7-12(19)23/h8-9H,3-7H2,1-2H3,(H2,19,23). The van der Waals surface area contributed by atoms with Gasteiger partial charge in [-0.05, 0) is 42.7 Å². The molecule has 0 saturated heterocycles. The minimum Gasteiger partial charge on any atom is -0.430 e. The summed E-state index contributed by atoms with van der Waals surface area (Å²) in [6.07, 6.45) is 5.55. The Morgan fingerprint density at radius 1 is 1.32 bits per heavy atom. The van der Waals surface area contributed by atoms with Crippen molar-refractivity contribution >= 4 is 28.1 Å². The van der Waals surface area contributed by atoms with E-state index in [1.54, 1.807) is 0 Å². The lowest BCUT2D eigenvalue weighted by atomic mass is 9.86. The molecular weight excluding hydrogens is 320 g/mol. The van der Waals surface area contributed by atoms with Crippen molar-refractivity contribution in [2.24, 2.45) is 5.73 Å². The zero-order valence-electron chi connectivity index (χ0n) is 14.3. The Kier molecular flexibility index (Phi) is 3.59. The van der Waals surface area contributed by atoms with Crippen molar-refractivity contribution in [3.63, 3.8) is 0 Å². The normalized spacial score (nSPS) is 14.4. The Morgan fingerprint density at radius 3 is 2.72 bits per heavy atom. The van der Waals surface area contributed by atoms with Crippen LogP contribution in [0.2, 0.25) is 0 Å². The Balaban J connectivity index is 2.07. The molecule has 0 unspecified atom stereocenters. The van der Waals surface area contributed by atoms with Crippen LogP contribution in [-0.2, 0) is 24.2 Å². The van der Waals surface area contributed by atoms with Gasteiger partial charge in [0.15, 0.2) is 0 Å². The zero-order chi connectivity index (χ0) is 17.7. The number of pyridine rings is 1. The third kappa shape index (κ3) is 2.42. The van der Waals surface area contributed by atoms with Gasteiger partial charge in [0.05, 0.1) is 17.4 Å². The molecule has 7 nitrogen and oxygen atoms in total. The summed E-state index contributed by atoms with van der Waals surface area (Å²) in [5.74, 6) is -0.319. The number of carbonyl (C=O) groups is 1. The van der Waals surface area contributed by atoms with Crippen LogP contribution in [0.5, 0.6) is 0 Å². The van der Waals surface area contributed by atoms with E-state index >= 15 is 0 Å². The van der Waals surface area contributed by atoms with Gasteiger partial charge in [0.25, 0.3) is 5.56 Å². The number of fused-ring (bicyclic) bond motifs is 5. The Bertz CT molecular complexity index is 1060. The number of rotatable bonds is 3. The van der Waals surface area contributed by atoms with Crippen molar-refractivity contribution in [3.8, 4) is 0 Å². The molecule has 0 fully saturated rings. The molecule has 3 heterocycles. The molecule has 1 aliphatic carbocycles. The summed E-state index contributed by atoms with van der Waals surface area (Å²) < 4.78 is 6.97. The van der Waals surface area contributed by atoms with Crippen LogP contribution in [0.25, 0.3) is 22.2 Å². The highest BCUT2D eigenvalue weighted by Crippen LogP contribution is 2.36. The van der Waals surface area contributed by atoms with E-state index in [-0.39, 0.29) is 18.0 Å². The number of furan rings is 1. The van der Waals surface area contributed by atoms with E-state index in [2.05, 4.69) is 18.8 Å². The zero-order valence-corrected chi connectivity index (χ0v) is 14.3. The first-order valence-corrected chi connectivity index (χ1v) is 8.59. The van der Waals surface area contributed by atoms with Gasteiger partial charge in [-0.25, -0.2) is 9.97 Å². The van der Waals surface area contributed by atoms with Crippen LogP contribution in [0.3, 0.4) is 0 Å². The molecule has 0 aliphatic heterocycles. The molecule has 7 heteroatoms. The van der Waals surface area contributed by atoms with Crippen LogP contribution >= 0.6 is 0 Å². The van der Waals surface area contributed by atoms with Gasteiger partial charge in [-0.2, -0.15) is 0 Å². The van der Waals surface area contributed by atoms with Crippen LogP contribution in [0, 0.1) is 0 Å². The smallest absolute Gasteiger partial charge is 0.297 e. The minimum atomic E-state index is -0.600. The summed E-state index contributed by atoms with van der Waals surface area (Å²) in [7, 11) is 0. The van der Waals surface area contributed by atoms with Crippen LogP contribution in [0.1, 0.15) is 49.4 Å². The van der Waals surface area contributed by atoms with E-state index in [4.69, 9.17) is 15.1 Å². The summed E-state index contributed by atoms with van der Waals surface area (Å²) in [5.41, 5.74) is 9.43. The van der Waals surface area contributed by atoms with Crippen LogP contribution in [0.4, 0.5) is 0 Å². The average Bonchev–Trinajstić information content (AvgIpc) is 2.96. The second-order valence-electron chi connectivity index (χ2n) is 6.92. The first-order valence-electron chi connectivity index (χ1n) is 8.59. The SMILES string of the molecule is CC(C)c1nc2oc3c(=O)n(CC(N)=O)cnc3c2c2c1CCCC2. The second-order valence-corrected chi connectivity index (χ2v) is 6.92. The predicted molar refractivity (Wildman–Crippen MR) is 93.5 cm³/mol. The highest BCUT2D eigenvalue weighted by atomic mass is 16.3. The highest BCUT2D eigenvalue weighted by Gasteiger charge is 2.25. The van der Waals surface area contributed by atoms with Gasteiger partial charge in [-0.15, -0.1) is 0 Å². The summed E-state index contributed by atoms with van der Waals surface area (Å²) in [6, 6.07) is 0. The number of nitrogens with two attached hydrogens (primary N) is 1. The summed E-state index contributed by atoms with van der Waals surface area (Å²) in [4.78, 5) is 32.8. The molecule has 1 aliphatic rings. The van der Waals surface area contributed by atoms with Gasteiger partial charge in [0, 0.05) is 0 Å². The number of primary amides is 1. The Hall–Kier alpha value is -2.70. The predicted octanol–water partition coefficient (Wildman–Crippen LogP) is 2.03. The fraction of sp³-hybridized carbons (Fsp3) is 0.444. The first-order chi connectivity index (χ1) is 12.0. The van der Waals surface area contributed by atoms with E-state index in [9.17, 15) is 9.59 Å². The van der Waals surface area contributed by atoms with Crippen molar-refractivity contribution < 1.29 is 9.21 Å². The molecule has 2 N–H and O–H groups in total. The number of carbonyl (C=O) groups excluding carboxylic acids is 1. The molecule has 130 valence electrons. The van der Waals surface area contributed by atoms with Gasteiger partial charge in [0.2, 0.25) is 17.2 Å². The molecule has 25 heavy (non-hydrogen) atoms. The molecule has 0 aromatic carbocycles. The van der Waals surface area contributed by atoms with E-state index in [1.165, 1.54) is 22.0 Å². The van der Waals surface area contributed by atoms with Crippen molar-refractivity contribution in [2.45, 2.75) is 52.0 Å². The second kappa shape index (κ2) is 5.68. The van der Waals surface area contributed by atoms with E-state index in [0.717, 1.165) is 36.8 Å². The summed E-state index contributed by atoms with van der Waals surface area (Å²) in [6.45, 7) is 4.01. The van der Waals surface area contributed by atoms with Gasteiger partial charge in [-0.1, -0.05) is 13.8 Å².